The molecule has 0 aromatic rings. The van der Waals surface area contributed by atoms with Crippen LogP contribution in [0.4, 0.5) is 0 Å². The Labute approximate surface area is 73.3 Å². The summed E-state index contributed by atoms with van der Waals surface area (Å²) in [7, 11) is 0. The van der Waals surface area contributed by atoms with Crippen molar-refractivity contribution in [3.05, 3.63) is 0 Å². The minimum Gasteiger partial charge on any atom is -0.310 e. The molecule has 0 radical (unpaired) electrons. The lowest BCUT2D eigenvalue weighted by Gasteiger charge is -2.33. The Morgan fingerprint density at radius 3 is 2.36 bits per heavy atom. The number of thioether (sulfide) groups is 1. The van der Waals surface area contributed by atoms with Crippen molar-refractivity contribution in [2.24, 2.45) is 0 Å². The van der Waals surface area contributed by atoms with Crippen LogP contribution in [0.25, 0.3) is 0 Å². The summed E-state index contributed by atoms with van der Waals surface area (Å²) in [6.45, 7) is 0. The molecule has 1 N–H and O–H groups in total. The largest absolute Gasteiger partial charge is 0.310 e. The molecule has 1 unspecified atom stereocenters. The molecule has 1 heterocycles. The lowest BCUT2D eigenvalue weighted by Crippen LogP contribution is -2.44. The van der Waals surface area contributed by atoms with Crippen LogP contribution in [0, 0.1) is 0 Å². The Balaban J connectivity index is 1.67. The predicted molar refractivity (Wildman–Crippen MR) is 51.1 cm³/mol. The van der Waals surface area contributed by atoms with Gasteiger partial charge >= 0.3 is 0 Å². The van der Waals surface area contributed by atoms with Crippen molar-refractivity contribution in [2.75, 3.05) is 11.5 Å². The summed E-state index contributed by atoms with van der Waals surface area (Å²) < 4.78 is 0. The molecule has 1 aliphatic heterocycles. The Morgan fingerprint density at radius 1 is 1.00 bits per heavy atom. The van der Waals surface area contributed by atoms with Crippen LogP contribution >= 0.6 is 11.8 Å². The first kappa shape index (κ1) is 7.93. The van der Waals surface area contributed by atoms with E-state index in [0.717, 1.165) is 12.1 Å². The van der Waals surface area contributed by atoms with Gasteiger partial charge in [0.15, 0.2) is 0 Å². The summed E-state index contributed by atoms with van der Waals surface area (Å²) in [4.78, 5) is 0. The lowest BCUT2D eigenvalue weighted by molar-refractivity contribution is 0.304. The topological polar surface area (TPSA) is 12.0 Å². The first-order chi connectivity index (χ1) is 5.45. The molecule has 2 heteroatoms. The number of nitrogens with one attached hydrogen (secondary N) is 1. The zero-order valence-corrected chi connectivity index (χ0v) is 7.83. The fourth-order valence-corrected chi connectivity index (χ4v) is 2.87. The molecule has 1 nitrogen and oxygen atoms in total. The van der Waals surface area contributed by atoms with Crippen molar-refractivity contribution < 1.29 is 0 Å². The minimum atomic E-state index is 0.846. The van der Waals surface area contributed by atoms with E-state index in [-0.39, 0.29) is 0 Å². The van der Waals surface area contributed by atoms with Gasteiger partial charge in [0.1, 0.15) is 0 Å². The summed E-state index contributed by atoms with van der Waals surface area (Å²) in [5.74, 6) is 2.75. The average Bonchev–Trinajstić information content (AvgIpc) is 1.99. The van der Waals surface area contributed by atoms with E-state index in [4.69, 9.17) is 0 Å². The van der Waals surface area contributed by atoms with Crippen molar-refractivity contribution in [3.8, 4) is 0 Å². The van der Waals surface area contributed by atoms with Gasteiger partial charge in [-0.2, -0.15) is 11.8 Å². The summed E-state index contributed by atoms with van der Waals surface area (Å²) in [5.41, 5.74) is 0. The fraction of sp³-hybridized carbons (Fsp3) is 1.00. The van der Waals surface area contributed by atoms with Crippen LogP contribution < -0.4 is 5.32 Å². The molecule has 2 fully saturated rings. The average molecular weight is 171 g/mol. The molecule has 0 bridgehead atoms. The van der Waals surface area contributed by atoms with E-state index in [9.17, 15) is 0 Å². The van der Waals surface area contributed by atoms with Crippen molar-refractivity contribution in [1.29, 1.82) is 0 Å². The molecule has 0 aromatic heterocycles. The molecule has 1 atom stereocenters. The normalized spacial score (nSPS) is 33.3. The van der Waals surface area contributed by atoms with E-state index in [2.05, 4.69) is 17.1 Å². The highest BCUT2D eigenvalue weighted by atomic mass is 32.2. The molecule has 64 valence electrons. The second-order valence-electron chi connectivity index (χ2n) is 3.71. The standard InChI is InChI=1S/C9H17NS/c1-3-8(4-1)10-9-5-2-6-11-7-9/h8-10H,1-7H2. The Kier molecular flexibility index (Phi) is 2.75. The van der Waals surface area contributed by atoms with Gasteiger partial charge in [-0.3, -0.25) is 0 Å². The number of hydrogen-bond acceptors (Lipinski definition) is 2. The second kappa shape index (κ2) is 3.81. The van der Waals surface area contributed by atoms with Gasteiger partial charge in [0.25, 0.3) is 0 Å². The van der Waals surface area contributed by atoms with E-state index < -0.39 is 0 Å². The zero-order valence-electron chi connectivity index (χ0n) is 7.01. The lowest BCUT2D eigenvalue weighted by atomic mass is 9.92. The second-order valence-corrected chi connectivity index (χ2v) is 4.86. The molecule has 2 aliphatic rings. The Morgan fingerprint density at radius 2 is 1.82 bits per heavy atom. The third kappa shape index (κ3) is 2.12. The summed E-state index contributed by atoms with van der Waals surface area (Å²) in [6, 6.07) is 1.73. The van der Waals surface area contributed by atoms with E-state index in [1.807, 2.05) is 0 Å². The van der Waals surface area contributed by atoms with Gasteiger partial charge in [0, 0.05) is 17.8 Å². The van der Waals surface area contributed by atoms with E-state index in [0.29, 0.717) is 0 Å². The molecule has 0 aromatic carbocycles. The minimum absolute atomic E-state index is 0.846. The fourth-order valence-electron chi connectivity index (χ4n) is 1.78. The van der Waals surface area contributed by atoms with Crippen molar-refractivity contribution in [2.45, 2.75) is 44.2 Å². The molecule has 0 amide bonds. The molecular weight excluding hydrogens is 154 g/mol. The maximum atomic E-state index is 3.73. The maximum Gasteiger partial charge on any atom is 0.0161 e. The van der Waals surface area contributed by atoms with Crippen LogP contribution in [0.3, 0.4) is 0 Å². The number of hydrogen-bond donors (Lipinski definition) is 1. The molecule has 2 rings (SSSR count). The van der Waals surface area contributed by atoms with Crippen LogP contribution in [-0.4, -0.2) is 23.6 Å². The molecule has 1 saturated heterocycles. The highest BCUT2D eigenvalue weighted by molar-refractivity contribution is 7.99. The van der Waals surface area contributed by atoms with E-state index in [1.54, 1.807) is 0 Å². The van der Waals surface area contributed by atoms with Crippen LogP contribution in [0.15, 0.2) is 0 Å². The number of rotatable bonds is 2. The monoisotopic (exact) mass is 171 g/mol. The van der Waals surface area contributed by atoms with Crippen molar-refractivity contribution in [3.63, 3.8) is 0 Å². The maximum absolute atomic E-state index is 3.73. The van der Waals surface area contributed by atoms with Gasteiger partial charge in [-0.25, -0.2) is 0 Å². The van der Waals surface area contributed by atoms with Crippen molar-refractivity contribution >= 4 is 11.8 Å². The zero-order chi connectivity index (χ0) is 7.52. The SMILES string of the molecule is C1CC(NC2CCCSC2)C1. The quantitative estimate of drug-likeness (QED) is 0.682. The van der Waals surface area contributed by atoms with Crippen LogP contribution in [0.1, 0.15) is 32.1 Å². The van der Waals surface area contributed by atoms with Gasteiger partial charge in [-0.1, -0.05) is 6.42 Å². The van der Waals surface area contributed by atoms with Crippen LogP contribution in [-0.2, 0) is 0 Å². The van der Waals surface area contributed by atoms with Crippen molar-refractivity contribution in [1.82, 2.24) is 5.32 Å². The third-order valence-corrected chi connectivity index (χ3v) is 3.95. The molecule has 11 heavy (non-hydrogen) atoms. The third-order valence-electron chi connectivity index (χ3n) is 2.74. The molecule has 1 aliphatic carbocycles. The summed E-state index contributed by atoms with van der Waals surface area (Å²) in [5, 5.41) is 3.73. The van der Waals surface area contributed by atoms with Crippen LogP contribution in [0.5, 0.6) is 0 Å². The Hall–Kier alpha value is 0.310. The smallest absolute Gasteiger partial charge is 0.0161 e. The molecular formula is C9H17NS. The Bertz CT molecular complexity index is 117. The van der Waals surface area contributed by atoms with Gasteiger partial charge in [0.05, 0.1) is 0 Å². The summed E-state index contributed by atoms with van der Waals surface area (Å²) >= 11 is 2.12. The van der Waals surface area contributed by atoms with Gasteiger partial charge in [-0.05, 0) is 31.4 Å². The molecule has 0 spiro atoms. The van der Waals surface area contributed by atoms with E-state index in [1.165, 1.54) is 43.6 Å². The van der Waals surface area contributed by atoms with Crippen LogP contribution in [0.2, 0.25) is 0 Å². The highest BCUT2D eigenvalue weighted by Crippen LogP contribution is 2.22. The van der Waals surface area contributed by atoms with Gasteiger partial charge in [-0.15, -0.1) is 0 Å². The van der Waals surface area contributed by atoms with E-state index >= 15 is 0 Å². The van der Waals surface area contributed by atoms with Gasteiger partial charge < -0.3 is 5.32 Å². The first-order valence-corrected chi connectivity index (χ1v) is 5.94. The highest BCUT2D eigenvalue weighted by Gasteiger charge is 2.22. The van der Waals surface area contributed by atoms with Gasteiger partial charge in [0.2, 0.25) is 0 Å². The predicted octanol–water partition coefficient (Wildman–Crippen LogP) is 2.02. The first-order valence-electron chi connectivity index (χ1n) is 4.79. The molecule has 1 saturated carbocycles. The summed E-state index contributed by atoms with van der Waals surface area (Å²) in [6.07, 6.45) is 7.17.